The molecule has 0 saturated carbocycles. The van der Waals surface area contributed by atoms with E-state index in [1.807, 2.05) is 23.1 Å². The Kier molecular flexibility index (Phi) is 3.10. The van der Waals surface area contributed by atoms with Gasteiger partial charge in [-0.15, -0.1) is 0 Å². The fourth-order valence-electron chi connectivity index (χ4n) is 2.52. The van der Waals surface area contributed by atoms with Crippen LogP contribution in [0.5, 0.6) is 0 Å². The third kappa shape index (κ3) is 2.22. The van der Waals surface area contributed by atoms with Crippen LogP contribution in [0.4, 0.5) is 10.2 Å². The van der Waals surface area contributed by atoms with Crippen molar-refractivity contribution in [1.82, 2.24) is 4.98 Å². The predicted octanol–water partition coefficient (Wildman–Crippen LogP) is 2.48. The van der Waals surface area contributed by atoms with Crippen LogP contribution in [-0.4, -0.2) is 22.6 Å². The van der Waals surface area contributed by atoms with E-state index >= 15 is 0 Å². The van der Waals surface area contributed by atoms with E-state index in [4.69, 9.17) is 0 Å². The Morgan fingerprint density at radius 2 is 2.05 bits per heavy atom. The molecule has 5 heteroatoms. The molecule has 1 aromatic heterocycles. The monoisotopic (exact) mass is 272 g/mol. The molecule has 0 amide bonds. The second kappa shape index (κ2) is 4.92. The minimum atomic E-state index is -1.16. The van der Waals surface area contributed by atoms with E-state index in [9.17, 15) is 14.3 Å². The molecule has 2 aromatic rings. The summed E-state index contributed by atoms with van der Waals surface area (Å²) in [6.45, 7) is 1.27. The lowest BCUT2D eigenvalue weighted by Crippen LogP contribution is -2.32. The normalized spacial score (nSPS) is 13.9. The maximum Gasteiger partial charge on any atom is 0.339 e. The lowest BCUT2D eigenvalue weighted by atomic mass is 9.99. The van der Waals surface area contributed by atoms with Gasteiger partial charge in [-0.1, -0.05) is 24.3 Å². The highest BCUT2D eigenvalue weighted by Gasteiger charge is 2.22. The Morgan fingerprint density at radius 1 is 1.30 bits per heavy atom. The number of carboxylic acids is 1. The molecule has 102 valence electrons. The smallest absolute Gasteiger partial charge is 0.339 e. The van der Waals surface area contributed by atoms with Gasteiger partial charge in [0.25, 0.3) is 0 Å². The van der Waals surface area contributed by atoms with E-state index < -0.39 is 11.8 Å². The van der Waals surface area contributed by atoms with Crippen molar-refractivity contribution in [2.24, 2.45) is 0 Å². The lowest BCUT2D eigenvalue weighted by Gasteiger charge is -2.30. The highest BCUT2D eigenvalue weighted by Crippen LogP contribution is 2.26. The second-order valence-electron chi connectivity index (χ2n) is 4.77. The van der Waals surface area contributed by atoms with Crippen LogP contribution < -0.4 is 4.90 Å². The average Bonchev–Trinajstić information content (AvgIpc) is 2.46. The number of carboxylic acid groups (broad SMARTS) is 1. The van der Waals surface area contributed by atoms with Gasteiger partial charge in [0.05, 0.1) is 6.20 Å². The zero-order valence-electron chi connectivity index (χ0n) is 10.7. The number of carbonyl (C=O) groups is 1. The molecule has 0 spiro atoms. The lowest BCUT2D eigenvalue weighted by molar-refractivity contribution is 0.0696. The molecule has 0 bridgehead atoms. The van der Waals surface area contributed by atoms with Gasteiger partial charge in [-0.25, -0.2) is 14.2 Å². The second-order valence-corrected chi connectivity index (χ2v) is 4.77. The quantitative estimate of drug-likeness (QED) is 0.912. The molecular formula is C15H13FN2O2. The van der Waals surface area contributed by atoms with Crippen LogP contribution in [0.1, 0.15) is 21.5 Å². The van der Waals surface area contributed by atoms with E-state index in [1.54, 1.807) is 0 Å². The Morgan fingerprint density at radius 3 is 2.80 bits per heavy atom. The average molecular weight is 272 g/mol. The number of pyridine rings is 1. The topological polar surface area (TPSA) is 53.4 Å². The number of hydrogen-bond acceptors (Lipinski definition) is 3. The van der Waals surface area contributed by atoms with E-state index in [1.165, 1.54) is 5.56 Å². The molecule has 0 unspecified atom stereocenters. The molecule has 0 aliphatic carbocycles. The summed E-state index contributed by atoms with van der Waals surface area (Å²) in [5.74, 6) is -1.47. The van der Waals surface area contributed by atoms with Gasteiger partial charge in [-0.3, -0.25) is 0 Å². The minimum Gasteiger partial charge on any atom is -0.478 e. The molecule has 4 nitrogen and oxygen atoms in total. The van der Waals surface area contributed by atoms with Crippen molar-refractivity contribution in [2.45, 2.75) is 13.0 Å². The van der Waals surface area contributed by atoms with Crippen LogP contribution in [0.15, 0.2) is 36.5 Å². The van der Waals surface area contributed by atoms with Crippen LogP contribution in [-0.2, 0) is 13.0 Å². The van der Waals surface area contributed by atoms with E-state index in [0.29, 0.717) is 18.9 Å². The number of aromatic carboxylic acids is 1. The first kappa shape index (κ1) is 12.6. The minimum absolute atomic E-state index is 0.0932. The van der Waals surface area contributed by atoms with Crippen molar-refractivity contribution in [1.29, 1.82) is 0 Å². The van der Waals surface area contributed by atoms with Gasteiger partial charge >= 0.3 is 5.97 Å². The van der Waals surface area contributed by atoms with E-state index in [2.05, 4.69) is 11.1 Å². The van der Waals surface area contributed by atoms with Gasteiger partial charge in [0.2, 0.25) is 0 Å². The van der Waals surface area contributed by atoms with Crippen molar-refractivity contribution in [3.05, 3.63) is 59.0 Å². The number of aromatic nitrogens is 1. The SMILES string of the molecule is O=C(O)c1cc(F)cnc1N1CCc2ccccc2C1. The first-order valence-electron chi connectivity index (χ1n) is 6.36. The third-order valence-corrected chi connectivity index (χ3v) is 3.49. The molecule has 0 saturated heterocycles. The number of hydrogen-bond donors (Lipinski definition) is 1. The molecule has 0 radical (unpaired) electrons. The molecular weight excluding hydrogens is 259 g/mol. The van der Waals surface area contributed by atoms with Crippen LogP contribution >= 0.6 is 0 Å². The maximum absolute atomic E-state index is 13.2. The number of rotatable bonds is 2. The molecule has 0 fully saturated rings. The van der Waals surface area contributed by atoms with Gasteiger partial charge in [0.15, 0.2) is 0 Å². The van der Waals surface area contributed by atoms with Crippen molar-refractivity contribution in [2.75, 3.05) is 11.4 Å². The summed E-state index contributed by atoms with van der Waals surface area (Å²) >= 11 is 0. The van der Waals surface area contributed by atoms with Crippen molar-refractivity contribution < 1.29 is 14.3 Å². The first-order valence-corrected chi connectivity index (χ1v) is 6.36. The Bertz CT molecular complexity index is 673. The zero-order valence-corrected chi connectivity index (χ0v) is 10.7. The van der Waals surface area contributed by atoms with E-state index in [-0.39, 0.29) is 5.56 Å². The molecule has 2 heterocycles. The maximum atomic E-state index is 13.2. The van der Waals surface area contributed by atoms with Crippen molar-refractivity contribution in [3.8, 4) is 0 Å². The standard InChI is InChI=1S/C15H13FN2O2/c16-12-7-13(15(19)20)14(17-8-12)18-6-5-10-3-1-2-4-11(10)9-18/h1-4,7-8H,5-6,9H2,(H,19,20). The largest absolute Gasteiger partial charge is 0.478 e. The summed E-state index contributed by atoms with van der Waals surface area (Å²) in [7, 11) is 0. The Labute approximate surface area is 115 Å². The van der Waals surface area contributed by atoms with Crippen LogP contribution in [0.3, 0.4) is 0 Å². The molecule has 3 rings (SSSR count). The summed E-state index contributed by atoms with van der Waals surface area (Å²) in [5, 5.41) is 9.18. The zero-order chi connectivity index (χ0) is 14.1. The van der Waals surface area contributed by atoms with Crippen LogP contribution in [0, 0.1) is 5.82 Å². The first-order chi connectivity index (χ1) is 9.65. The van der Waals surface area contributed by atoms with Crippen LogP contribution in [0.2, 0.25) is 0 Å². The molecule has 1 aliphatic rings. The Balaban J connectivity index is 1.97. The van der Waals surface area contributed by atoms with Gasteiger partial charge in [0.1, 0.15) is 17.2 Å². The van der Waals surface area contributed by atoms with Crippen LogP contribution in [0.25, 0.3) is 0 Å². The third-order valence-electron chi connectivity index (χ3n) is 3.49. The van der Waals surface area contributed by atoms with Gasteiger partial charge in [0, 0.05) is 13.1 Å². The fourth-order valence-corrected chi connectivity index (χ4v) is 2.52. The van der Waals surface area contributed by atoms with Gasteiger partial charge in [-0.05, 0) is 23.6 Å². The van der Waals surface area contributed by atoms with Gasteiger partial charge < -0.3 is 10.0 Å². The highest BCUT2D eigenvalue weighted by atomic mass is 19.1. The highest BCUT2D eigenvalue weighted by molar-refractivity contribution is 5.93. The summed E-state index contributed by atoms with van der Waals surface area (Å²) in [4.78, 5) is 17.1. The van der Waals surface area contributed by atoms with E-state index in [0.717, 1.165) is 24.2 Å². The summed E-state index contributed by atoms with van der Waals surface area (Å²) in [6.07, 6.45) is 1.89. The number of halogens is 1. The number of nitrogens with zero attached hydrogens (tertiary/aromatic N) is 2. The summed E-state index contributed by atoms with van der Waals surface area (Å²) in [5.41, 5.74) is 2.33. The Hall–Kier alpha value is -2.43. The molecule has 20 heavy (non-hydrogen) atoms. The van der Waals surface area contributed by atoms with Crippen molar-refractivity contribution >= 4 is 11.8 Å². The number of anilines is 1. The number of fused-ring (bicyclic) bond motifs is 1. The summed E-state index contributed by atoms with van der Waals surface area (Å²) in [6, 6.07) is 9.06. The molecule has 1 aliphatic heterocycles. The molecule has 0 atom stereocenters. The molecule has 1 aromatic carbocycles. The fraction of sp³-hybridized carbons (Fsp3) is 0.200. The van der Waals surface area contributed by atoms with Gasteiger partial charge in [-0.2, -0.15) is 0 Å². The summed E-state index contributed by atoms with van der Waals surface area (Å²) < 4.78 is 13.2. The van der Waals surface area contributed by atoms with Crippen molar-refractivity contribution in [3.63, 3.8) is 0 Å². The number of benzene rings is 1. The predicted molar refractivity (Wildman–Crippen MR) is 72.4 cm³/mol. The molecule has 1 N–H and O–H groups in total.